The molecule has 1 N–H and O–H groups in total. The third kappa shape index (κ3) is 4.16. The number of benzene rings is 1. The number of nitrogens with one attached hydrogen (secondary N) is 1. The van der Waals surface area contributed by atoms with E-state index in [0.29, 0.717) is 0 Å². The van der Waals surface area contributed by atoms with E-state index in [0.717, 1.165) is 13.1 Å². The van der Waals surface area contributed by atoms with Gasteiger partial charge in [-0.3, -0.25) is 0 Å². The zero-order valence-electron chi connectivity index (χ0n) is 12.1. The summed E-state index contributed by atoms with van der Waals surface area (Å²) in [7, 11) is 0. The summed E-state index contributed by atoms with van der Waals surface area (Å²) in [5.74, 6) is 0. The molecule has 0 saturated carbocycles. The van der Waals surface area contributed by atoms with Crippen molar-refractivity contribution in [3.05, 3.63) is 34.9 Å². The van der Waals surface area contributed by atoms with Crippen molar-refractivity contribution in [3.63, 3.8) is 0 Å². The Morgan fingerprint density at radius 1 is 1.12 bits per heavy atom. The first-order valence-corrected chi connectivity index (χ1v) is 6.76. The lowest BCUT2D eigenvalue weighted by Crippen LogP contribution is -2.26. The van der Waals surface area contributed by atoms with E-state index in [1.54, 1.807) is 0 Å². The van der Waals surface area contributed by atoms with Crippen molar-refractivity contribution in [2.75, 3.05) is 13.1 Å². The molecule has 17 heavy (non-hydrogen) atoms. The van der Waals surface area contributed by atoms with Gasteiger partial charge in [0.25, 0.3) is 0 Å². The second kappa shape index (κ2) is 6.20. The molecule has 0 aliphatic rings. The van der Waals surface area contributed by atoms with Gasteiger partial charge in [0.15, 0.2) is 0 Å². The van der Waals surface area contributed by atoms with Gasteiger partial charge in [-0.05, 0) is 56.3 Å². The Bertz CT molecular complexity index is 353. The van der Waals surface area contributed by atoms with Crippen LogP contribution in [0.5, 0.6) is 0 Å². The Balaban J connectivity index is 2.68. The zero-order valence-corrected chi connectivity index (χ0v) is 12.1. The highest BCUT2D eigenvalue weighted by Gasteiger charge is 2.21. The Hall–Kier alpha value is -0.820. The van der Waals surface area contributed by atoms with E-state index < -0.39 is 0 Å². The van der Waals surface area contributed by atoms with E-state index in [1.165, 1.54) is 29.5 Å². The van der Waals surface area contributed by atoms with Crippen LogP contribution in [-0.2, 0) is 5.41 Å². The van der Waals surface area contributed by atoms with Crippen LogP contribution >= 0.6 is 0 Å². The van der Waals surface area contributed by atoms with Crippen molar-refractivity contribution < 1.29 is 0 Å². The standard InChI is InChI=1S/C16H27N/c1-6-10-17-11-9-16(4,5)15-8-7-13(2)12-14(15)3/h7-8,12,17H,6,9-11H2,1-5H3. The minimum absolute atomic E-state index is 0.262. The molecule has 0 atom stereocenters. The summed E-state index contributed by atoms with van der Waals surface area (Å²) in [6, 6.07) is 6.81. The van der Waals surface area contributed by atoms with Crippen LogP contribution in [0.1, 0.15) is 50.3 Å². The summed E-state index contributed by atoms with van der Waals surface area (Å²) >= 11 is 0. The molecule has 1 aromatic carbocycles. The van der Waals surface area contributed by atoms with Crippen molar-refractivity contribution in [2.24, 2.45) is 0 Å². The summed E-state index contributed by atoms with van der Waals surface area (Å²) in [6.45, 7) is 13.5. The van der Waals surface area contributed by atoms with Crippen molar-refractivity contribution in [1.82, 2.24) is 5.32 Å². The van der Waals surface area contributed by atoms with Gasteiger partial charge < -0.3 is 5.32 Å². The summed E-state index contributed by atoms with van der Waals surface area (Å²) in [5.41, 5.74) is 4.52. The van der Waals surface area contributed by atoms with Gasteiger partial charge in [-0.1, -0.05) is 44.5 Å². The maximum atomic E-state index is 3.49. The van der Waals surface area contributed by atoms with E-state index in [2.05, 4.69) is 58.1 Å². The first kappa shape index (κ1) is 14.2. The van der Waals surface area contributed by atoms with Gasteiger partial charge in [-0.2, -0.15) is 0 Å². The maximum Gasteiger partial charge on any atom is -0.00406 e. The molecule has 0 aliphatic carbocycles. The SMILES string of the molecule is CCCNCCC(C)(C)c1ccc(C)cc1C. The first-order chi connectivity index (χ1) is 7.97. The molecule has 0 unspecified atom stereocenters. The van der Waals surface area contributed by atoms with Crippen LogP contribution in [0.3, 0.4) is 0 Å². The summed E-state index contributed by atoms with van der Waals surface area (Å²) < 4.78 is 0. The van der Waals surface area contributed by atoms with Crippen LogP contribution in [0.4, 0.5) is 0 Å². The molecule has 0 aliphatic heterocycles. The van der Waals surface area contributed by atoms with Crippen molar-refractivity contribution in [2.45, 2.75) is 52.9 Å². The van der Waals surface area contributed by atoms with Gasteiger partial charge in [0.2, 0.25) is 0 Å². The molecule has 0 radical (unpaired) electrons. The molecule has 0 saturated heterocycles. The number of hydrogen-bond acceptors (Lipinski definition) is 1. The molecule has 1 heteroatoms. The normalized spacial score (nSPS) is 11.8. The van der Waals surface area contributed by atoms with E-state index in [-0.39, 0.29) is 5.41 Å². The molecule has 0 heterocycles. The lowest BCUT2D eigenvalue weighted by atomic mass is 9.79. The van der Waals surface area contributed by atoms with Gasteiger partial charge >= 0.3 is 0 Å². The average Bonchev–Trinajstić information content (AvgIpc) is 2.24. The number of aryl methyl sites for hydroxylation is 2. The highest BCUT2D eigenvalue weighted by molar-refractivity contribution is 5.35. The summed E-state index contributed by atoms with van der Waals surface area (Å²) in [4.78, 5) is 0. The molecular weight excluding hydrogens is 206 g/mol. The molecule has 0 aromatic heterocycles. The molecule has 1 aromatic rings. The second-order valence-electron chi connectivity index (χ2n) is 5.70. The van der Waals surface area contributed by atoms with Gasteiger partial charge in [0, 0.05) is 0 Å². The lowest BCUT2D eigenvalue weighted by Gasteiger charge is -2.27. The molecule has 0 fully saturated rings. The maximum absolute atomic E-state index is 3.49. The van der Waals surface area contributed by atoms with Crippen LogP contribution < -0.4 is 5.32 Å². The van der Waals surface area contributed by atoms with Crippen molar-refractivity contribution in [3.8, 4) is 0 Å². The summed E-state index contributed by atoms with van der Waals surface area (Å²) in [6.07, 6.45) is 2.40. The third-order valence-electron chi connectivity index (χ3n) is 3.46. The Labute approximate surface area is 107 Å². The van der Waals surface area contributed by atoms with Crippen LogP contribution in [-0.4, -0.2) is 13.1 Å². The van der Waals surface area contributed by atoms with Crippen molar-refractivity contribution in [1.29, 1.82) is 0 Å². The van der Waals surface area contributed by atoms with Crippen LogP contribution in [0.25, 0.3) is 0 Å². The molecule has 1 rings (SSSR count). The monoisotopic (exact) mass is 233 g/mol. The Kier molecular flexibility index (Phi) is 5.20. The van der Waals surface area contributed by atoms with E-state index in [4.69, 9.17) is 0 Å². The fourth-order valence-electron chi connectivity index (χ4n) is 2.41. The molecule has 0 amide bonds. The molecular formula is C16H27N. The highest BCUT2D eigenvalue weighted by atomic mass is 14.8. The van der Waals surface area contributed by atoms with Gasteiger partial charge in [-0.15, -0.1) is 0 Å². The van der Waals surface area contributed by atoms with E-state index in [9.17, 15) is 0 Å². The van der Waals surface area contributed by atoms with E-state index in [1.807, 2.05) is 0 Å². The topological polar surface area (TPSA) is 12.0 Å². The third-order valence-corrected chi connectivity index (χ3v) is 3.46. The Morgan fingerprint density at radius 2 is 1.82 bits per heavy atom. The molecule has 0 bridgehead atoms. The zero-order chi connectivity index (χ0) is 12.9. The lowest BCUT2D eigenvalue weighted by molar-refractivity contribution is 0.455. The fraction of sp³-hybridized carbons (Fsp3) is 0.625. The summed E-state index contributed by atoms with van der Waals surface area (Å²) in [5, 5.41) is 3.49. The van der Waals surface area contributed by atoms with Gasteiger partial charge in [0.05, 0.1) is 0 Å². The van der Waals surface area contributed by atoms with Crippen LogP contribution in [0.15, 0.2) is 18.2 Å². The molecule has 0 spiro atoms. The smallest absolute Gasteiger partial charge is 0.00406 e. The number of hydrogen-bond donors (Lipinski definition) is 1. The van der Waals surface area contributed by atoms with Crippen molar-refractivity contribution >= 4 is 0 Å². The largest absolute Gasteiger partial charge is 0.317 e. The molecule has 1 nitrogen and oxygen atoms in total. The van der Waals surface area contributed by atoms with Crippen LogP contribution in [0, 0.1) is 13.8 Å². The molecule has 96 valence electrons. The minimum atomic E-state index is 0.262. The Morgan fingerprint density at radius 3 is 2.41 bits per heavy atom. The highest BCUT2D eigenvalue weighted by Crippen LogP contribution is 2.29. The van der Waals surface area contributed by atoms with E-state index >= 15 is 0 Å². The quantitative estimate of drug-likeness (QED) is 0.733. The average molecular weight is 233 g/mol. The van der Waals surface area contributed by atoms with Gasteiger partial charge in [-0.25, -0.2) is 0 Å². The fourth-order valence-corrected chi connectivity index (χ4v) is 2.41. The van der Waals surface area contributed by atoms with Crippen LogP contribution in [0.2, 0.25) is 0 Å². The van der Waals surface area contributed by atoms with Gasteiger partial charge in [0.1, 0.15) is 0 Å². The second-order valence-corrected chi connectivity index (χ2v) is 5.70. The first-order valence-electron chi connectivity index (χ1n) is 6.76. The minimum Gasteiger partial charge on any atom is -0.317 e. The predicted molar refractivity (Wildman–Crippen MR) is 76.7 cm³/mol. The predicted octanol–water partition coefficient (Wildman–Crippen LogP) is 3.97. The number of rotatable bonds is 6.